The lowest BCUT2D eigenvalue weighted by molar-refractivity contribution is -0.383. The van der Waals surface area contributed by atoms with Gasteiger partial charge in [-0.15, -0.1) is 0 Å². The van der Waals surface area contributed by atoms with E-state index in [1.807, 2.05) is 31.2 Å². The summed E-state index contributed by atoms with van der Waals surface area (Å²) in [6.07, 6.45) is 4.44. The van der Waals surface area contributed by atoms with Gasteiger partial charge in [0.25, 0.3) is 0 Å². The summed E-state index contributed by atoms with van der Waals surface area (Å²) < 4.78 is 0. The van der Waals surface area contributed by atoms with E-state index in [2.05, 4.69) is 25.6 Å². The van der Waals surface area contributed by atoms with Gasteiger partial charge in [0.05, 0.1) is 4.92 Å². The molecule has 0 fully saturated rings. The molecule has 0 atom stereocenters. The molecule has 3 aromatic rings. The lowest BCUT2D eigenvalue weighted by Crippen LogP contribution is -2.05. The zero-order valence-electron chi connectivity index (χ0n) is 12.8. The van der Waals surface area contributed by atoms with Crippen LogP contribution in [0.3, 0.4) is 0 Å². The van der Waals surface area contributed by atoms with Crippen LogP contribution in [0.15, 0.2) is 55.1 Å². The Morgan fingerprint density at radius 2 is 1.67 bits per heavy atom. The van der Waals surface area contributed by atoms with E-state index in [4.69, 9.17) is 0 Å². The second-order valence-electron chi connectivity index (χ2n) is 5.03. The second kappa shape index (κ2) is 6.69. The molecular weight excluding hydrogens is 308 g/mol. The van der Waals surface area contributed by atoms with Crippen LogP contribution in [0.25, 0.3) is 0 Å². The van der Waals surface area contributed by atoms with Crippen molar-refractivity contribution in [2.75, 3.05) is 10.6 Å². The van der Waals surface area contributed by atoms with Crippen molar-refractivity contribution in [1.82, 2.24) is 15.0 Å². The molecule has 0 saturated carbocycles. The van der Waals surface area contributed by atoms with Gasteiger partial charge in [-0.1, -0.05) is 12.1 Å². The van der Waals surface area contributed by atoms with Gasteiger partial charge in [-0.2, -0.15) is 0 Å². The number of aryl methyl sites for hydroxylation is 1. The van der Waals surface area contributed by atoms with E-state index in [1.165, 1.54) is 6.33 Å². The van der Waals surface area contributed by atoms with Crippen molar-refractivity contribution < 1.29 is 4.92 Å². The molecule has 2 heterocycles. The maximum absolute atomic E-state index is 11.5. The van der Waals surface area contributed by atoms with Crippen molar-refractivity contribution >= 4 is 28.7 Å². The maximum atomic E-state index is 11.5. The Morgan fingerprint density at radius 3 is 2.29 bits per heavy atom. The fraction of sp³-hybridized carbons (Fsp3) is 0.0625. The first-order valence-corrected chi connectivity index (χ1v) is 7.13. The van der Waals surface area contributed by atoms with Crippen LogP contribution in [0.5, 0.6) is 0 Å². The van der Waals surface area contributed by atoms with Crippen LogP contribution in [0, 0.1) is 17.0 Å². The van der Waals surface area contributed by atoms with Gasteiger partial charge in [0.2, 0.25) is 11.6 Å². The number of nitro groups is 1. The average molecular weight is 322 g/mol. The summed E-state index contributed by atoms with van der Waals surface area (Å²) in [6.45, 7) is 1.94. The zero-order valence-corrected chi connectivity index (χ0v) is 12.8. The van der Waals surface area contributed by atoms with Gasteiger partial charge in [-0.3, -0.25) is 15.1 Å². The lowest BCUT2D eigenvalue weighted by Gasteiger charge is -2.10. The Hall–Kier alpha value is -3.55. The molecule has 0 aliphatic carbocycles. The maximum Gasteiger partial charge on any atom is 0.353 e. The van der Waals surface area contributed by atoms with E-state index < -0.39 is 4.92 Å². The molecule has 0 amide bonds. The number of hydrogen-bond acceptors (Lipinski definition) is 7. The third-order valence-corrected chi connectivity index (χ3v) is 3.23. The van der Waals surface area contributed by atoms with Crippen LogP contribution >= 0.6 is 0 Å². The van der Waals surface area contributed by atoms with Crippen LogP contribution in [0.4, 0.5) is 28.7 Å². The molecule has 0 aliphatic rings. The Bertz CT molecular complexity index is 869. The molecule has 3 rings (SSSR count). The number of pyridine rings is 1. The lowest BCUT2D eigenvalue weighted by atomic mass is 10.2. The van der Waals surface area contributed by atoms with Crippen molar-refractivity contribution in [3.63, 3.8) is 0 Å². The molecule has 0 radical (unpaired) electrons. The second-order valence-corrected chi connectivity index (χ2v) is 5.03. The van der Waals surface area contributed by atoms with Crippen molar-refractivity contribution in [3.8, 4) is 0 Å². The molecule has 120 valence electrons. The molecule has 8 nitrogen and oxygen atoms in total. The Morgan fingerprint density at radius 1 is 1.00 bits per heavy atom. The fourth-order valence-electron chi connectivity index (χ4n) is 2.17. The number of nitrogens with one attached hydrogen (secondary N) is 2. The molecule has 0 unspecified atom stereocenters. The summed E-state index contributed by atoms with van der Waals surface area (Å²) in [5.41, 5.74) is 2.17. The number of aromatic nitrogens is 3. The third kappa shape index (κ3) is 3.43. The summed E-state index contributed by atoms with van der Waals surface area (Å²) in [4.78, 5) is 22.9. The van der Waals surface area contributed by atoms with E-state index >= 15 is 0 Å². The number of nitrogens with zero attached hydrogens (tertiary/aromatic N) is 4. The van der Waals surface area contributed by atoms with Gasteiger partial charge in [-0.25, -0.2) is 9.97 Å². The summed E-state index contributed by atoms with van der Waals surface area (Å²) in [7, 11) is 0. The minimum Gasteiger partial charge on any atom is -0.334 e. The first kappa shape index (κ1) is 15.3. The molecule has 0 aliphatic heterocycles. The van der Waals surface area contributed by atoms with Crippen molar-refractivity contribution in [2.45, 2.75) is 6.92 Å². The van der Waals surface area contributed by atoms with Gasteiger partial charge in [-0.05, 0) is 36.8 Å². The number of benzene rings is 1. The highest BCUT2D eigenvalue weighted by molar-refractivity contribution is 5.76. The Kier molecular flexibility index (Phi) is 4.28. The van der Waals surface area contributed by atoms with Gasteiger partial charge in [0.1, 0.15) is 6.33 Å². The zero-order chi connectivity index (χ0) is 16.9. The van der Waals surface area contributed by atoms with Gasteiger partial charge in [0.15, 0.2) is 0 Å². The average Bonchev–Trinajstić information content (AvgIpc) is 2.56. The highest BCUT2D eigenvalue weighted by Crippen LogP contribution is 2.32. The quantitative estimate of drug-likeness (QED) is 0.546. The fourth-order valence-corrected chi connectivity index (χ4v) is 2.17. The van der Waals surface area contributed by atoms with Crippen LogP contribution in [0.2, 0.25) is 0 Å². The van der Waals surface area contributed by atoms with E-state index in [0.29, 0.717) is 11.4 Å². The molecule has 0 saturated heterocycles. The van der Waals surface area contributed by atoms with Crippen molar-refractivity contribution in [3.05, 3.63) is 70.8 Å². The Balaban J connectivity index is 1.97. The van der Waals surface area contributed by atoms with Gasteiger partial charge >= 0.3 is 5.69 Å². The number of anilines is 4. The van der Waals surface area contributed by atoms with E-state index in [-0.39, 0.29) is 17.3 Å². The van der Waals surface area contributed by atoms with Gasteiger partial charge in [0, 0.05) is 23.8 Å². The van der Waals surface area contributed by atoms with E-state index in [1.54, 1.807) is 24.5 Å². The van der Waals surface area contributed by atoms with Crippen LogP contribution in [0.1, 0.15) is 5.56 Å². The summed E-state index contributed by atoms with van der Waals surface area (Å²) >= 11 is 0. The summed E-state index contributed by atoms with van der Waals surface area (Å²) in [5, 5.41) is 17.4. The molecule has 0 bridgehead atoms. The smallest absolute Gasteiger partial charge is 0.334 e. The number of rotatable bonds is 5. The highest BCUT2D eigenvalue weighted by Gasteiger charge is 2.23. The topological polar surface area (TPSA) is 106 Å². The Labute approximate surface area is 137 Å². The monoisotopic (exact) mass is 322 g/mol. The van der Waals surface area contributed by atoms with Crippen molar-refractivity contribution in [1.29, 1.82) is 0 Å². The van der Waals surface area contributed by atoms with Crippen LogP contribution in [-0.2, 0) is 0 Å². The molecule has 24 heavy (non-hydrogen) atoms. The van der Waals surface area contributed by atoms with Crippen molar-refractivity contribution in [2.24, 2.45) is 0 Å². The molecule has 1 aromatic carbocycles. The first-order chi connectivity index (χ1) is 11.6. The van der Waals surface area contributed by atoms with E-state index in [9.17, 15) is 10.1 Å². The molecular formula is C16H14N6O2. The molecule has 2 aromatic heterocycles. The minimum atomic E-state index is -0.512. The molecule has 8 heteroatoms. The van der Waals surface area contributed by atoms with Gasteiger partial charge < -0.3 is 10.6 Å². The minimum absolute atomic E-state index is 0.108. The molecule has 2 N–H and O–H groups in total. The van der Waals surface area contributed by atoms with Crippen LogP contribution < -0.4 is 10.6 Å². The third-order valence-electron chi connectivity index (χ3n) is 3.23. The van der Waals surface area contributed by atoms with Crippen LogP contribution in [-0.4, -0.2) is 19.9 Å². The SMILES string of the molecule is Cc1cccc(Nc2ncnc(Nc3ccncc3)c2[N+](=O)[O-])c1. The first-order valence-electron chi connectivity index (χ1n) is 7.13. The normalized spacial score (nSPS) is 10.2. The molecule has 0 spiro atoms. The standard InChI is InChI=1S/C16H14N6O2/c1-11-3-2-4-13(9-11)21-16-14(22(23)24)15(18-10-19-16)20-12-5-7-17-8-6-12/h2-10H,1H3,(H2,17,18,19,20,21). The summed E-state index contributed by atoms with van der Waals surface area (Å²) in [5.74, 6) is 0.230. The summed E-state index contributed by atoms with van der Waals surface area (Å²) in [6, 6.07) is 10.9. The van der Waals surface area contributed by atoms with E-state index in [0.717, 1.165) is 5.56 Å². The highest BCUT2D eigenvalue weighted by atomic mass is 16.6. The largest absolute Gasteiger partial charge is 0.353 e. The predicted octanol–water partition coefficient (Wildman–Crippen LogP) is 3.58. The predicted molar refractivity (Wildman–Crippen MR) is 90.7 cm³/mol. The number of hydrogen-bond donors (Lipinski definition) is 2.